The highest BCUT2D eigenvalue weighted by Gasteiger charge is 2.20. The maximum atomic E-state index is 12.5. The number of carbonyl (C=O) groups excluding carboxylic acids is 1. The van der Waals surface area contributed by atoms with Crippen LogP contribution in [0.5, 0.6) is 0 Å². The van der Waals surface area contributed by atoms with Gasteiger partial charge in [0.2, 0.25) is 0 Å². The molecule has 0 aliphatic carbocycles. The Morgan fingerprint density at radius 2 is 1.77 bits per heavy atom. The van der Waals surface area contributed by atoms with E-state index in [4.69, 9.17) is 4.84 Å². The largest absolute Gasteiger partial charge is 0.445 e. The van der Waals surface area contributed by atoms with Crippen molar-refractivity contribution in [2.24, 2.45) is 5.16 Å². The molecule has 2 aromatic heterocycles. The summed E-state index contributed by atoms with van der Waals surface area (Å²) in [6, 6.07) is 20.6. The fourth-order valence-corrected chi connectivity index (χ4v) is 4.96. The van der Waals surface area contributed by atoms with E-state index in [1.807, 2.05) is 54.6 Å². The highest BCUT2D eigenvalue weighted by molar-refractivity contribution is 6.17. The molecule has 2 heterocycles. The van der Waals surface area contributed by atoms with Gasteiger partial charge in [-0.25, -0.2) is 14.3 Å². The molecule has 0 amide bonds. The van der Waals surface area contributed by atoms with Crippen molar-refractivity contribution in [2.75, 3.05) is 0 Å². The molecule has 9 heteroatoms. The zero-order valence-electron chi connectivity index (χ0n) is 21.9. The SMILES string of the molecule is CCCCCC(C)n1c2ccc(C(=NOC(=O)n3ccnc3)c3ccccc3)cc2c2cc([N+](=O)[O-])ccc21. The average Bonchev–Trinajstić information content (AvgIpc) is 3.60. The molecular weight excluding hydrogens is 494 g/mol. The third-order valence-electron chi connectivity index (χ3n) is 6.91. The van der Waals surface area contributed by atoms with Crippen LogP contribution < -0.4 is 0 Å². The zero-order valence-corrected chi connectivity index (χ0v) is 21.9. The third kappa shape index (κ3) is 5.29. The molecule has 5 aromatic rings. The molecule has 0 saturated carbocycles. The third-order valence-corrected chi connectivity index (χ3v) is 6.91. The Labute approximate surface area is 225 Å². The van der Waals surface area contributed by atoms with E-state index >= 15 is 0 Å². The molecule has 1 unspecified atom stereocenters. The highest BCUT2D eigenvalue weighted by Crippen LogP contribution is 2.36. The van der Waals surface area contributed by atoms with E-state index in [1.54, 1.807) is 12.1 Å². The Morgan fingerprint density at radius 1 is 1.03 bits per heavy atom. The normalized spacial score (nSPS) is 12.6. The first-order valence-electron chi connectivity index (χ1n) is 13.0. The molecule has 0 radical (unpaired) electrons. The predicted octanol–water partition coefficient (Wildman–Crippen LogP) is 7.48. The lowest BCUT2D eigenvalue weighted by molar-refractivity contribution is -0.384. The molecule has 0 aliphatic rings. The number of rotatable bonds is 9. The summed E-state index contributed by atoms with van der Waals surface area (Å²) in [5.74, 6) is 0. The first-order chi connectivity index (χ1) is 19.0. The minimum Gasteiger partial charge on any atom is -0.338 e. The van der Waals surface area contributed by atoms with Crippen LogP contribution in [0.2, 0.25) is 0 Å². The van der Waals surface area contributed by atoms with Gasteiger partial charge in [-0.3, -0.25) is 15.0 Å². The number of hydrogen-bond donors (Lipinski definition) is 0. The molecular formula is C30H29N5O4. The summed E-state index contributed by atoms with van der Waals surface area (Å²) >= 11 is 0. The monoisotopic (exact) mass is 523 g/mol. The van der Waals surface area contributed by atoms with E-state index in [2.05, 4.69) is 28.6 Å². The van der Waals surface area contributed by atoms with Gasteiger partial charge in [0.25, 0.3) is 5.69 Å². The Morgan fingerprint density at radius 3 is 2.46 bits per heavy atom. The van der Waals surface area contributed by atoms with Gasteiger partial charge in [-0.1, -0.05) is 67.7 Å². The van der Waals surface area contributed by atoms with Gasteiger partial charge >= 0.3 is 6.09 Å². The van der Waals surface area contributed by atoms with Gasteiger partial charge in [-0.05, 0) is 31.5 Å². The summed E-state index contributed by atoms with van der Waals surface area (Å²) in [6.45, 7) is 4.38. The van der Waals surface area contributed by atoms with Gasteiger partial charge in [0.1, 0.15) is 12.0 Å². The smallest absolute Gasteiger partial charge is 0.338 e. The molecule has 9 nitrogen and oxygen atoms in total. The Kier molecular flexibility index (Phi) is 7.49. The van der Waals surface area contributed by atoms with Crippen molar-refractivity contribution in [3.63, 3.8) is 0 Å². The molecule has 0 spiro atoms. The molecule has 0 aliphatic heterocycles. The van der Waals surface area contributed by atoms with Gasteiger partial charge in [-0.15, -0.1) is 0 Å². The molecule has 0 bridgehead atoms. The highest BCUT2D eigenvalue weighted by atomic mass is 16.7. The lowest BCUT2D eigenvalue weighted by atomic mass is 10.00. The lowest BCUT2D eigenvalue weighted by Crippen LogP contribution is -2.12. The Hall–Kier alpha value is -4.79. The number of nitro groups is 1. The van der Waals surface area contributed by atoms with E-state index in [-0.39, 0.29) is 16.7 Å². The zero-order chi connectivity index (χ0) is 27.4. The average molecular weight is 524 g/mol. The number of fused-ring (bicyclic) bond motifs is 3. The molecule has 39 heavy (non-hydrogen) atoms. The number of imidazole rings is 1. The molecule has 0 N–H and O–H groups in total. The van der Waals surface area contributed by atoms with Crippen LogP contribution in [0.1, 0.15) is 56.7 Å². The van der Waals surface area contributed by atoms with Crippen molar-refractivity contribution in [1.82, 2.24) is 14.1 Å². The maximum Gasteiger partial charge on any atom is 0.445 e. The topological polar surface area (TPSA) is 105 Å². The van der Waals surface area contributed by atoms with E-state index in [0.29, 0.717) is 5.71 Å². The molecule has 0 saturated heterocycles. The van der Waals surface area contributed by atoms with Gasteiger partial charge in [0, 0.05) is 63.5 Å². The van der Waals surface area contributed by atoms with Crippen LogP contribution in [0.15, 0.2) is 90.6 Å². The van der Waals surface area contributed by atoms with Crippen LogP contribution in [-0.4, -0.2) is 30.8 Å². The minimum absolute atomic E-state index is 0.0387. The second-order valence-electron chi connectivity index (χ2n) is 9.54. The van der Waals surface area contributed by atoms with E-state index in [1.165, 1.54) is 23.3 Å². The van der Waals surface area contributed by atoms with Crippen molar-refractivity contribution < 1.29 is 14.6 Å². The van der Waals surface area contributed by atoms with Crippen molar-refractivity contribution >= 4 is 39.3 Å². The van der Waals surface area contributed by atoms with Gasteiger partial charge in [0.15, 0.2) is 0 Å². The van der Waals surface area contributed by atoms with Crippen LogP contribution >= 0.6 is 0 Å². The standard InChI is InChI=1S/C30H29N5O4/c1-3-4-6-9-21(2)34-27-14-12-23(18-25(27)26-19-24(35(37)38)13-15-28(26)34)29(22-10-7-5-8-11-22)32-39-30(36)33-17-16-31-20-33/h5,7-8,10-21H,3-4,6,9H2,1-2H3. The summed E-state index contributed by atoms with van der Waals surface area (Å²) in [4.78, 5) is 32.9. The fraction of sp³-hybridized carbons (Fsp3) is 0.233. The van der Waals surface area contributed by atoms with E-state index in [9.17, 15) is 14.9 Å². The maximum absolute atomic E-state index is 12.5. The van der Waals surface area contributed by atoms with Gasteiger partial charge < -0.3 is 4.57 Å². The van der Waals surface area contributed by atoms with Crippen LogP contribution in [-0.2, 0) is 4.84 Å². The van der Waals surface area contributed by atoms with E-state index in [0.717, 1.165) is 58.6 Å². The molecule has 1 atom stereocenters. The van der Waals surface area contributed by atoms with Crippen molar-refractivity contribution in [3.05, 3.63) is 107 Å². The number of nitrogens with zero attached hydrogens (tertiary/aromatic N) is 5. The van der Waals surface area contributed by atoms with Crippen molar-refractivity contribution in [2.45, 2.75) is 45.6 Å². The summed E-state index contributed by atoms with van der Waals surface area (Å²) < 4.78 is 3.47. The molecule has 5 rings (SSSR count). The molecule has 3 aromatic carbocycles. The number of aromatic nitrogens is 3. The van der Waals surface area contributed by atoms with Crippen LogP contribution in [0.4, 0.5) is 10.5 Å². The van der Waals surface area contributed by atoms with Gasteiger partial charge in [0.05, 0.1) is 4.92 Å². The molecule has 0 fully saturated rings. The van der Waals surface area contributed by atoms with Crippen LogP contribution in [0, 0.1) is 10.1 Å². The summed E-state index contributed by atoms with van der Waals surface area (Å²) in [7, 11) is 0. The number of non-ortho nitro benzene ring substituents is 1. The van der Waals surface area contributed by atoms with Crippen LogP contribution in [0.25, 0.3) is 21.8 Å². The van der Waals surface area contributed by atoms with Crippen LogP contribution in [0.3, 0.4) is 0 Å². The lowest BCUT2D eigenvalue weighted by Gasteiger charge is -2.17. The minimum atomic E-state index is -0.685. The number of hydrogen-bond acceptors (Lipinski definition) is 6. The van der Waals surface area contributed by atoms with E-state index < -0.39 is 6.09 Å². The number of carbonyl (C=O) groups is 1. The first kappa shape index (κ1) is 25.8. The fourth-order valence-electron chi connectivity index (χ4n) is 4.96. The Bertz CT molecular complexity index is 1660. The number of nitro benzene ring substituents is 1. The quantitative estimate of drug-likeness (QED) is 0.0655. The summed E-state index contributed by atoms with van der Waals surface area (Å²) in [6.07, 6.45) is 8.04. The number of oxime groups is 1. The summed E-state index contributed by atoms with van der Waals surface area (Å²) in [5, 5.41) is 17.5. The predicted molar refractivity (Wildman–Crippen MR) is 151 cm³/mol. The second-order valence-corrected chi connectivity index (χ2v) is 9.54. The van der Waals surface area contributed by atoms with Crippen molar-refractivity contribution in [3.8, 4) is 0 Å². The van der Waals surface area contributed by atoms with Crippen molar-refractivity contribution in [1.29, 1.82) is 0 Å². The summed E-state index contributed by atoms with van der Waals surface area (Å²) in [5.41, 5.74) is 3.92. The number of benzene rings is 3. The first-order valence-corrected chi connectivity index (χ1v) is 13.0. The Balaban J connectivity index is 1.65. The number of unbranched alkanes of at least 4 members (excludes halogenated alkanes) is 2. The second kappa shape index (κ2) is 11.3. The molecule has 198 valence electrons. The van der Waals surface area contributed by atoms with Gasteiger partial charge in [-0.2, -0.15) is 0 Å².